The third kappa shape index (κ3) is 5.20. The summed E-state index contributed by atoms with van der Waals surface area (Å²) in [7, 11) is 3.01. The van der Waals surface area contributed by atoms with Crippen molar-refractivity contribution in [2.75, 3.05) is 31.4 Å². The van der Waals surface area contributed by atoms with E-state index in [1.165, 1.54) is 12.7 Å². The van der Waals surface area contributed by atoms with Crippen LogP contribution >= 0.6 is 0 Å². The van der Waals surface area contributed by atoms with Gasteiger partial charge in [-0.1, -0.05) is 18.2 Å². The Kier molecular flexibility index (Phi) is 6.41. The van der Waals surface area contributed by atoms with Crippen molar-refractivity contribution < 1.29 is 14.3 Å². The molecule has 0 unspecified atom stereocenters. The lowest BCUT2D eigenvalue weighted by Gasteiger charge is -2.09. The number of benzene rings is 2. The number of carbonyl (C=O) groups is 1. The largest absolute Gasteiger partial charge is 0.497 e. The van der Waals surface area contributed by atoms with Crippen LogP contribution in [0.2, 0.25) is 0 Å². The van der Waals surface area contributed by atoms with Gasteiger partial charge in [0.1, 0.15) is 11.6 Å². The number of ether oxygens (including phenoxy) is 2. The number of esters is 1. The first kappa shape index (κ1) is 19.2. The van der Waals surface area contributed by atoms with Crippen LogP contribution in [0, 0.1) is 0 Å². The minimum absolute atomic E-state index is 0.391. The van der Waals surface area contributed by atoms with Crippen molar-refractivity contribution in [1.29, 1.82) is 0 Å². The average Bonchev–Trinajstić information content (AvgIpc) is 2.74. The van der Waals surface area contributed by atoms with E-state index in [4.69, 9.17) is 9.47 Å². The highest BCUT2D eigenvalue weighted by molar-refractivity contribution is 5.90. The summed E-state index contributed by atoms with van der Waals surface area (Å²) in [4.78, 5) is 20.3. The minimum atomic E-state index is -0.391. The van der Waals surface area contributed by atoms with Gasteiger partial charge < -0.3 is 20.1 Å². The lowest BCUT2D eigenvalue weighted by Crippen LogP contribution is -2.08. The average molecular weight is 378 g/mol. The summed E-state index contributed by atoms with van der Waals surface area (Å²) >= 11 is 0. The minimum Gasteiger partial charge on any atom is -0.497 e. The molecule has 7 heteroatoms. The van der Waals surface area contributed by atoms with E-state index in [1.54, 1.807) is 31.5 Å². The fourth-order valence-corrected chi connectivity index (χ4v) is 2.65. The number of hydrogen-bond acceptors (Lipinski definition) is 7. The maximum Gasteiger partial charge on any atom is 0.337 e. The number of methoxy groups -OCH3 is 2. The highest BCUT2D eigenvalue weighted by Gasteiger charge is 2.07. The van der Waals surface area contributed by atoms with Gasteiger partial charge in [-0.2, -0.15) is 4.98 Å². The second kappa shape index (κ2) is 9.36. The van der Waals surface area contributed by atoms with E-state index in [9.17, 15) is 4.79 Å². The molecule has 0 fully saturated rings. The van der Waals surface area contributed by atoms with Crippen LogP contribution in [0.4, 0.5) is 17.5 Å². The monoisotopic (exact) mass is 378 g/mol. The molecule has 0 aliphatic heterocycles. The van der Waals surface area contributed by atoms with Crippen molar-refractivity contribution in [2.24, 2.45) is 0 Å². The summed E-state index contributed by atoms with van der Waals surface area (Å²) in [6, 6.07) is 16.8. The molecule has 0 bridgehead atoms. The quantitative estimate of drug-likeness (QED) is 0.579. The predicted molar refractivity (Wildman–Crippen MR) is 108 cm³/mol. The second-order valence-corrected chi connectivity index (χ2v) is 5.99. The number of nitrogens with one attached hydrogen (secondary N) is 2. The molecule has 0 amide bonds. The van der Waals surface area contributed by atoms with Crippen LogP contribution in [0.5, 0.6) is 5.75 Å². The van der Waals surface area contributed by atoms with Crippen molar-refractivity contribution in [2.45, 2.75) is 6.42 Å². The van der Waals surface area contributed by atoms with Crippen LogP contribution < -0.4 is 15.4 Å². The van der Waals surface area contributed by atoms with Crippen molar-refractivity contribution >= 4 is 23.4 Å². The molecule has 28 heavy (non-hydrogen) atoms. The van der Waals surface area contributed by atoms with Crippen LogP contribution in [0.25, 0.3) is 0 Å². The van der Waals surface area contributed by atoms with Gasteiger partial charge in [-0.05, 0) is 48.4 Å². The summed E-state index contributed by atoms with van der Waals surface area (Å²) in [6.45, 7) is 0.724. The molecule has 144 valence electrons. The van der Waals surface area contributed by atoms with Gasteiger partial charge in [0.25, 0.3) is 0 Å². The zero-order valence-electron chi connectivity index (χ0n) is 15.8. The molecule has 1 heterocycles. The van der Waals surface area contributed by atoms with Crippen molar-refractivity contribution in [3.05, 3.63) is 71.9 Å². The molecule has 3 aromatic rings. The number of rotatable bonds is 8. The first-order valence-electron chi connectivity index (χ1n) is 8.83. The van der Waals surface area contributed by atoms with Gasteiger partial charge in [-0.25, -0.2) is 9.78 Å². The molecule has 2 aromatic carbocycles. The summed E-state index contributed by atoms with van der Waals surface area (Å²) in [5.41, 5.74) is 2.34. The van der Waals surface area contributed by atoms with E-state index in [0.717, 1.165) is 18.7 Å². The molecule has 0 radical (unpaired) electrons. The highest BCUT2D eigenvalue weighted by atomic mass is 16.5. The number of anilines is 3. The van der Waals surface area contributed by atoms with Crippen LogP contribution in [-0.4, -0.2) is 36.7 Å². The Bertz CT molecular complexity index is 946. The smallest absolute Gasteiger partial charge is 0.337 e. The molecule has 0 saturated carbocycles. The molecular weight excluding hydrogens is 356 g/mol. The van der Waals surface area contributed by atoms with Crippen LogP contribution in [0.3, 0.4) is 0 Å². The normalized spacial score (nSPS) is 10.2. The first-order valence-corrected chi connectivity index (χ1v) is 8.83. The molecule has 0 spiro atoms. The number of carbonyl (C=O) groups excluding carboxylic acids is 1. The topological polar surface area (TPSA) is 85.4 Å². The molecule has 0 aliphatic rings. The van der Waals surface area contributed by atoms with E-state index in [2.05, 4.69) is 26.7 Å². The fraction of sp³-hybridized carbons (Fsp3) is 0.190. The van der Waals surface area contributed by atoms with Crippen LogP contribution in [-0.2, 0) is 11.2 Å². The Morgan fingerprint density at radius 3 is 2.75 bits per heavy atom. The molecule has 0 aliphatic carbocycles. The summed E-state index contributed by atoms with van der Waals surface area (Å²) in [5.74, 6) is 1.61. The Morgan fingerprint density at radius 1 is 1.07 bits per heavy atom. The van der Waals surface area contributed by atoms with Gasteiger partial charge in [0, 0.05) is 18.4 Å². The number of nitrogens with zero attached hydrogens (tertiary/aromatic N) is 2. The molecule has 2 N–H and O–H groups in total. The lowest BCUT2D eigenvalue weighted by atomic mass is 10.1. The third-order valence-corrected chi connectivity index (χ3v) is 4.05. The Hall–Kier alpha value is -3.61. The summed E-state index contributed by atoms with van der Waals surface area (Å²) < 4.78 is 9.98. The van der Waals surface area contributed by atoms with Crippen LogP contribution in [0.1, 0.15) is 15.9 Å². The van der Waals surface area contributed by atoms with Gasteiger partial charge in [0.15, 0.2) is 0 Å². The van der Waals surface area contributed by atoms with E-state index >= 15 is 0 Å². The molecule has 7 nitrogen and oxygen atoms in total. The standard InChI is InChI=1S/C21H22N4O3/c1-27-18-8-3-5-15(13-18)9-11-22-19-10-12-23-21(25-19)24-17-7-4-6-16(14-17)20(26)28-2/h3-8,10,12-14H,9,11H2,1-2H3,(H2,22,23,24,25). The summed E-state index contributed by atoms with van der Waals surface area (Å²) in [5, 5.41) is 6.39. The lowest BCUT2D eigenvalue weighted by molar-refractivity contribution is 0.0601. The number of aromatic nitrogens is 2. The van der Waals surface area contributed by atoms with Crippen LogP contribution in [0.15, 0.2) is 60.8 Å². The highest BCUT2D eigenvalue weighted by Crippen LogP contribution is 2.17. The van der Waals surface area contributed by atoms with Crippen molar-refractivity contribution in [3.63, 3.8) is 0 Å². The Labute approximate surface area is 163 Å². The Balaban J connectivity index is 1.60. The molecule has 0 atom stereocenters. The van der Waals surface area contributed by atoms with Gasteiger partial charge in [-0.3, -0.25) is 0 Å². The van der Waals surface area contributed by atoms with Crippen molar-refractivity contribution in [3.8, 4) is 5.75 Å². The predicted octanol–water partition coefficient (Wildman–Crippen LogP) is 3.67. The summed E-state index contributed by atoms with van der Waals surface area (Å²) in [6.07, 6.45) is 2.51. The fourth-order valence-electron chi connectivity index (χ4n) is 2.65. The maximum atomic E-state index is 11.6. The number of hydrogen-bond donors (Lipinski definition) is 2. The molecule has 3 rings (SSSR count). The maximum absolute atomic E-state index is 11.6. The molecule has 1 aromatic heterocycles. The van der Waals surface area contributed by atoms with Crippen molar-refractivity contribution in [1.82, 2.24) is 9.97 Å². The SMILES string of the molecule is COC(=O)c1cccc(Nc2nccc(NCCc3cccc(OC)c3)n2)c1. The van der Waals surface area contributed by atoms with Gasteiger partial charge in [0.2, 0.25) is 5.95 Å². The van der Waals surface area contributed by atoms with Gasteiger partial charge >= 0.3 is 5.97 Å². The van der Waals surface area contributed by atoms with E-state index in [-0.39, 0.29) is 0 Å². The third-order valence-electron chi connectivity index (χ3n) is 4.05. The van der Waals surface area contributed by atoms with E-state index in [1.807, 2.05) is 30.3 Å². The first-order chi connectivity index (χ1) is 13.7. The second-order valence-electron chi connectivity index (χ2n) is 5.99. The Morgan fingerprint density at radius 2 is 1.93 bits per heavy atom. The van der Waals surface area contributed by atoms with Gasteiger partial charge in [0.05, 0.1) is 19.8 Å². The van der Waals surface area contributed by atoms with Gasteiger partial charge in [-0.15, -0.1) is 0 Å². The zero-order valence-corrected chi connectivity index (χ0v) is 15.8. The zero-order chi connectivity index (χ0) is 19.8. The molecule has 0 saturated heterocycles. The van der Waals surface area contributed by atoms with E-state index < -0.39 is 5.97 Å². The van der Waals surface area contributed by atoms with E-state index in [0.29, 0.717) is 23.0 Å². The molecular formula is C21H22N4O3.